The van der Waals surface area contributed by atoms with Crippen molar-refractivity contribution in [3.8, 4) is 0 Å². The second-order valence-corrected chi connectivity index (χ2v) is 2.79. The lowest BCUT2D eigenvalue weighted by Gasteiger charge is -2.01. The number of hydrogen-bond donors (Lipinski definition) is 2. The molecule has 72 valence electrons. The lowest BCUT2D eigenvalue weighted by atomic mass is 10.5. The molecule has 2 N–H and O–H groups in total. The molecule has 0 radical (unpaired) electrons. The maximum absolute atomic E-state index is 11.6. The Bertz CT molecular complexity index is 430. The highest BCUT2D eigenvalue weighted by Gasteiger charge is 2.10. The summed E-state index contributed by atoms with van der Waals surface area (Å²) in [6.45, 7) is 0. The zero-order chi connectivity index (χ0) is 9.97. The Hall–Kier alpha value is -2.11. The topological polar surface area (TPSA) is 75.6 Å². The van der Waals surface area contributed by atoms with Crippen molar-refractivity contribution in [2.24, 2.45) is 7.05 Å². The maximum Gasteiger partial charge on any atom is 0.292 e. The van der Waals surface area contributed by atoms with Crippen molar-refractivity contribution in [3.63, 3.8) is 0 Å². The van der Waals surface area contributed by atoms with E-state index in [9.17, 15) is 4.79 Å². The van der Waals surface area contributed by atoms with E-state index in [4.69, 9.17) is 0 Å². The van der Waals surface area contributed by atoms with E-state index in [1.807, 2.05) is 0 Å². The first-order valence-electron chi connectivity index (χ1n) is 4.05. The Morgan fingerprint density at radius 3 is 3.00 bits per heavy atom. The van der Waals surface area contributed by atoms with Crippen molar-refractivity contribution in [3.05, 3.63) is 30.5 Å². The Kier molecular flexibility index (Phi) is 2.02. The van der Waals surface area contributed by atoms with Gasteiger partial charge in [-0.2, -0.15) is 5.10 Å². The number of carbonyl (C=O) groups is 1. The summed E-state index contributed by atoms with van der Waals surface area (Å²) in [5.74, 6) is 0.652. The lowest BCUT2D eigenvalue weighted by Crippen LogP contribution is -2.16. The van der Waals surface area contributed by atoms with E-state index in [1.54, 1.807) is 36.3 Å². The maximum atomic E-state index is 11.6. The first-order chi connectivity index (χ1) is 6.77. The zero-order valence-corrected chi connectivity index (χ0v) is 7.56. The number of amides is 1. The van der Waals surface area contributed by atoms with Crippen molar-refractivity contribution in [2.75, 3.05) is 5.32 Å². The van der Waals surface area contributed by atoms with Gasteiger partial charge >= 0.3 is 0 Å². The molecule has 14 heavy (non-hydrogen) atoms. The SMILES string of the molecule is Cn1ccnc1C(=O)Nc1ccn[nH]1. The minimum absolute atomic E-state index is 0.262. The predicted molar refractivity (Wildman–Crippen MR) is 49.7 cm³/mol. The van der Waals surface area contributed by atoms with E-state index in [2.05, 4.69) is 20.5 Å². The predicted octanol–water partition coefficient (Wildman–Crippen LogP) is 0.395. The summed E-state index contributed by atoms with van der Waals surface area (Å²) in [7, 11) is 1.76. The monoisotopic (exact) mass is 191 g/mol. The van der Waals surface area contributed by atoms with Crippen LogP contribution in [0.2, 0.25) is 0 Å². The van der Waals surface area contributed by atoms with Crippen molar-refractivity contribution in [2.45, 2.75) is 0 Å². The van der Waals surface area contributed by atoms with Crippen molar-refractivity contribution >= 4 is 11.7 Å². The van der Waals surface area contributed by atoms with Gasteiger partial charge in [0, 0.05) is 25.5 Å². The van der Waals surface area contributed by atoms with Gasteiger partial charge in [-0.15, -0.1) is 0 Å². The quantitative estimate of drug-likeness (QED) is 0.721. The second kappa shape index (κ2) is 3.33. The molecule has 0 aliphatic heterocycles. The highest BCUT2D eigenvalue weighted by Crippen LogP contribution is 2.02. The number of carbonyl (C=O) groups excluding carboxylic acids is 1. The molecular weight excluding hydrogens is 182 g/mol. The van der Waals surface area contributed by atoms with Gasteiger partial charge in [-0.05, 0) is 0 Å². The number of imidazole rings is 1. The summed E-state index contributed by atoms with van der Waals surface area (Å²) < 4.78 is 1.64. The molecule has 1 amide bonds. The van der Waals surface area contributed by atoms with Gasteiger partial charge in [0.15, 0.2) is 5.82 Å². The Morgan fingerprint density at radius 2 is 2.43 bits per heavy atom. The van der Waals surface area contributed by atoms with Crippen LogP contribution in [-0.2, 0) is 7.05 Å². The molecule has 2 rings (SSSR count). The van der Waals surface area contributed by atoms with Gasteiger partial charge in [0.25, 0.3) is 5.91 Å². The molecule has 6 heteroatoms. The van der Waals surface area contributed by atoms with E-state index in [-0.39, 0.29) is 5.91 Å². The fraction of sp³-hybridized carbons (Fsp3) is 0.125. The molecule has 0 fully saturated rings. The summed E-state index contributed by atoms with van der Waals surface area (Å²) in [5, 5.41) is 8.97. The molecule has 2 aromatic heterocycles. The molecule has 0 aliphatic carbocycles. The van der Waals surface area contributed by atoms with E-state index in [1.165, 1.54) is 0 Å². The molecule has 0 aromatic carbocycles. The van der Waals surface area contributed by atoms with E-state index < -0.39 is 0 Å². The first-order valence-corrected chi connectivity index (χ1v) is 4.05. The van der Waals surface area contributed by atoms with Crippen LogP contribution in [0.3, 0.4) is 0 Å². The summed E-state index contributed by atoms with van der Waals surface area (Å²) in [6, 6.07) is 1.67. The fourth-order valence-corrected chi connectivity index (χ4v) is 1.09. The van der Waals surface area contributed by atoms with E-state index in [0.717, 1.165) is 0 Å². The van der Waals surface area contributed by atoms with Crippen LogP contribution in [0, 0.1) is 0 Å². The average Bonchev–Trinajstić information content (AvgIpc) is 2.75. The number of aryl methyl sites for hydroxylation is 1. The molecule has 0 unspecified atom stereocenters. The first kappa shape index (κ1) is 8.49. The molecule has 2 aromatic rings. The molecule has 0 saturated heterocycles. The summed E-state index contributed by atoms with van der Waals surface area (Å²) in [5.41, 5.74) is 0. The molecule has 0 bridgehead atoms. The average molecular weight is 191 g/mol. The molecule has 6 nitrogen and oxygen atoms in total. The van der Waals surface area contributed by atoms with Gasteiger partial charge in [0.2, 0.25) is 0 Å². The van der Waals surface area contributed by atoms with Crippen LogP contribution in [0.4, 0.5) is 5.82 Å². The van der Waals surface area contributed by atoms with Gasteiger partial charge in [0.05, 0.1) is 6.20 Å². The molecular formula is C8H9N5O. The van der Waals surface area contributed by atoms with Crippen LogP contribution in [0.25, 0.3) is 0 Å². The van der Waals surface area contributed by atoms with Gasteiger partial charge in [-0.3, -0.25) is 9.89 Å². The van der Waals surface area contributed by atoms with Crippen molar-refractivity contribution in [1.82, 2.24) is 19.7 Å². The van der Waals surface area contributed by atoms with Gasteiger partial charge in [-0.1, -0.05) is 0 Å². The number of aromatic nitrogens is 4. The third-order valence-electron chi connectivity index (χ3n) is 1.77. The summed E-state index contributed by atoms with van der Waals surface area (Å²) in [4.78, 5) is 15.5. The second-order valence-electron chi connectivity index (χ2n) is 2.79. The zero-order valence-electron chi connectivity index (χ0n) is 7.56. The number of hydrogen-bond acceptors (Lipinski definition) is 3. The van der Waals surface area contributed by atoms with Crippen LogP contribution in [0.5, 0.6) is 0 Å². The standard InChI is InChI=1S/C8H9N5O/c1-13-5-4-9-7(13)8(14)11-6-2-3-10-12-6/h2-5H,1H3,(H2,10,11,12,14). The van der Waals surface area contributed by atoms with Crippen molar-refractivity contribution in [1.29, 1.82) is 0 Å². The Balaban J connectivity index is 2.14. The fourth-order valence-electron chi connectivity index (χ4n) is 1.09. The molecule has 0 spiro atoms. The van der Waals surface area contributed by atoms with E-state index in [0.29, 0.717) is 11.6 Å². The lowest BCUT2D eigenvalue weighted by molar-refractivity contribution is 0.101. The minimum atomic E-state index is -0.262. The van der Waals surface area contributed by atoms with Crippen molar-refractivity contribution < 1.29 is 4.79 Å². The summed E-state index contributed by atoms with van der Waals surface area (Å²) in [6.07, 6.45) is 4.85. The highest BCUT2D eigenvalue weighted by atomic mass is 16.2. The largest absolute Gasteiger partial charge is 0.330 e. The third-order valence-corrected chi connectivity index (χ3v) is 1.77. The van der Waals surface area contributed by atoms with Crippen LogP contribution < -0.4 is 5.32 Å². The normalized spacial score (nSPS) is 10.1. The Morgan fingerprint density at radius 1 is 1.57 bits per heavy atom. The smallest absolute Gasteiger partial charge is 0.292 e. The van der Waals surface area contributed by atoms with Crippen LogP contribution in [0.1, 0.15) is 10.6 Å². The number of anilines is 1. The Labute approximate surface area is 80.0 Å². The number of nitrogens with zero attached hydrogens (tertiary/aromatic N) is 3. The van der Waals surface area contributed by atoms with Gasteiger partial charge in [0.1, 0.15) is 5.82 Å². The van der Waals surface area contributed by atoms with E-state index >= 15 is 0 Å². The van der Waals surface area contributed by atoms with Crippen LogP contribution >= 0.6 is 0 Å². The third kappa shape index (κ3) is 1.49. The van der Waals surface area contributed by atoms with Crippen LogP contribution in [0.15, 0.2) is 24.7 Å². The van der Waals surface area contributed by atoms with Gasteiger partial charge < -0.3 is 9.88 Å². The van der Waals surface area contributed by atoms with Crippen LogP contribution in [-0.4, -0.2) is 25.7 Å². The summed E-state index contributed by atoms with van der Waals surface area (Å²) >= 11 is 0. The minimum Gasteiger partial charge on any atom is -0.330 e. The highest BCUT2D eigenvalue weighted by molar-refractivity contribution is 6.01. The molecule has 0 atom stereocenters. The number of aromatic amines is 1. The van der Waals surface area contributed by atoms with Gasteiger partial charge in [-0.25, -0.2) is 4.98 Å². The number of nitrogens with one attached hydrogen (secondary N) is 2. The number of rotatable bonds is 2. The molecule has 0 aliphatic rings. The number of H-pyrrole nitrogens is 1. The molecule has 0 saturated carbocycles. The molecule has 2 heterocycles.